The van der Waals surface area contributed by atoms with Crippen molar-refractivity contribution in [3.8, 4) is 0 Å². The zero-order valence-electron chi connectivity index (χ0n) is 10.4. The number of aromatic carboxylic acids is 1. The summed E-state index contributed by atoms with van der Waals surface area (Å²) in [6.45, 7) is 1.41. The SMILES string of the molecule is Cc1c(C(=O)O)cc(Cl)cc1S(=O)(=O)Nc1ncc(Br)s1. The maximum atomic E-state index is 12.3. The maximum absolute atomic E-state index is 12.3. The van der Waals surface area contributed by atoms with Crippen molar-refractivity contribution >= 4 is 60.0 Å². The van der Waals surface area contributed by atoms with Crippen molar-refractivity contribution in [3.05, 3.63) is 38.3 Å². The number of aromatic nitrogens is 1. The van der Waals surface area contributed by atoms with E-state index in [1.54, 1.807) is 0 Å². The van der Waals surface area contributed by atoms with E-state index < -0.39 is 16.0 Å². The van der Waals surface area contributed by atoms with Gasteiger partial charge in [-0.25, -0.2) is 18.2 Å². The van der Waals surface area contributed by atoms with Crippen molar-refractivity contribution in [3.63, 3.8) is 0 Å². The van der Waals surface area contributed by atoms with Crippen LogP contribution < -0.4 is 4.72 Å². The largest absolute Gasteiger partial charge is 0.478 e. The molecule has 2 aromatic rings. The number of hydrogen-bond acceptors (Lipinski definition) is 5. The number of nitrogens with zero attached hydrogens (tertiary/aromatic N) is 1. The van der Waals surface area contributed by atoms with Crippen molar-refractivity contribution in [1.82, 2.24) is 4.98 Å². The van der Waals surface area contributed by atoms with Crippen LogP contribution >= 0.6 is 38.9 Å². The fourth-order valence-electron chi connectivity index (χ4n) is 1.63. The van der Waals surface area contributed by atoms with Crippen molar-refractivity contribution in [2.75, 3.05) is 4.72 Å². The summed E-state index contributed by atoms with van der Waals surface area (Å²) in [5, 5.41) is 9.27. The van der Waals surface area contributed by atoms with Crippen molar-refractivity contribution in [1.29, 1.82) is 0 Å². The number of rotatable bonds is 4. The summed E-state index contributed by atoms with van der Waals surface area (Å²) in [7, 11) is -3.98. The molecule has 0 bridgehead atoms. The Morgan fingerprint density at radius 1 is 1.48 bits per heavy atom. The van der Waals surface area contributed by atoms with E-state index in [1.165, 1.54) is 25.3 Å². The Labute approximate surface area is 138 Å². The molecular formula is C11H8BrClN2O4S2. The Morgan fingerprint density at radius 2 is 2.14 bits per heavy atom. The lowest BCUT2D eigenvalue weighted by Gasteiger charge is -2.11. The van der Waals surface area contributed by atoms with E-state index in [2.05, 4.69) is 25.6 Å². The van der Waals surface area contributed by atoms with Crippen LogP contribution in [0.2, 0.25) is 5.02 Å². The number of thiazole rings is 1. The standard InChI is InChI=1S/C11H8BrClN2O4S2/c1-5-7(10(16)17)2-6(13)3-8(5)21(18,19)15-11-14-4-9(12)20-11/h2-4H,1H3,(H,14,15)(H,16,17). The molecule has 21 heavy (non-hydrogen) atoms. The van der Waals surface area contributed by atoms with Crippen molar-refractivity contribution in [2.45, 2.75) is 11.8 Å². The van der Waals surface area contributed by atoms with E-state index in [0.29, 0.717) is 3.79 Å². The van der Waals surface area contributed by atoms with Crippen molar-refractivity contribution in [2.24, 2.45) is 0 Å². The zero-order chi connectivity index (χ0) is 15.8. The summed E-state index contributed by atoms with van der Waals surface area (Å²) < 4.78 is 27.6. The second-order valence-electron chi connectivity index (χ2n) is 3.96. The smallest absolute Gasteiger partial charge is 0.336 e. The number of carboxylic acids is 1. The Hall–Kier alpha value is -1.16. The molecule has 2 rings (SSSR count). The van der Waals surface area contributed by atoms with Crippen LogP contribution in [0.3, 0.4) is 0 Å². The molecule has 0 fully saturated rings. The van der Waals surface area contributed by atoms with E-state index in [0.717, 1.165) is 11.3 Å². The lowest BCUT2D eigenvalue weighted by atomic mass is 10.1. The molecule has 0 unspecified atom stereocenters. The van der Waals surface area contributed by atoms with Crippen LogP contribution in [0.1, 0.15) is 15.9 Å². The lowest BCUT2D eigenvalue weighted by molar-refractivity contribution is 0.0696. The molecule has 6 nitrogen and oxygen atoms in total. The van der Waals surface area contributed by atoms with E-state index >= 15 is 0 Å². The molecule has 0 atom stereocenters. The summed E-state index contributed by atoms with van der Waals surface area (Å²) in [6, 6.07) is 2.41. The Morgan fingerprint density at radius 3 is 2.67 bits per heavy atom. The van der Waals surface area contributed by atoms with Gasteiger partial charge in [-0.3, -0.25) is 4.72 Å². The molecule has 10 heteroatoms. The second kappa shape index (κ2) is 5.91. The third kappa shape index (κ3) is 3.54. The molecule has 1 aromatic carbocycles. The van der Waals surface area contributed by atoms with Gasteiger partial charge >= 0.3 is 5.97 Å². The quantitative estimate of drug-likeness (QED) is 0.804. The predicted octanol–water partition coefficient (Wildman–Crippen LogP) is 3.37. The van der Waals surface area contributed by atoms with Crippen LogP contribution in [0.5, 0.6) is 0 Å². The molecule has 1 aromatic heterocycles. The highest BCUT2D eigenvalue weighted by Gasteiger charge is 2.23. The molecule has 0 aliphatic carbocycles. The van der Waals surface area contributed by atoms with Gasteiger partial charge in [-0.05, 0) is 40.5 Å². The number of nitrogens with one attached hydrogen (secondary N) is 1. The number of sulfonamides is 1. The number of hydrogen-bond donors (Lipinski definition) is 2. The number of carbonyl (C=O) groups is 1. The molecule has 0 aliphatic rings. The highest BCUT2D eigenvalue weighted by atomic mass is 79.9. The van der Waals surface area contributed by atoms with Gasteiger partial charge in [0.2, 0.25) is 0 Å². The first-order chi connectivity index (χ1) is 9.70. The van der Waals surface area contributed by atoms with E-state index in [4.69, 9.17) is 16.7 Å². The van der Waals surface area contributed by atoms with Gasteiger partial charge in [0.05, 0.1) is 20.4 Å². The van der Waals surface area contributed by atoms with Crippen LogP contribution in [-0.2, 0) is 10.0 Å². The molecular weight excluding hydrogens is 404 g/mol. The zero-order valence-corrected chi connectivity index (χ0v) is 14.4. The van der Waals surface area contributed by atoms with Gasteiger partial charge in [-0.15, -0.1) is 0 Å². The first kappa shape index (κ1) is 16.2. The number of carboxylic acid groups (broad SMARTS) is 1. The molecule has 0 amide bonds. The average Bonchev–Trinajstić information content (AvgIpc) is 2.76. The monoisotopic (exact) mass is 410 g/mol. The van der Waals surface area contributed by atoms with E-state index in [1.807, 2.05) is 0 Å². The first-order valence-electron chi connectivity index (χ1n) is 5.38. The van der Waals surface area contributed by atoms with Gasteiger partial charge in [-0.2, -0.15) is 0 Å². The third-order valence-electron chi connectivity index (χ3n) is 2.54. The molecule has 0 radical (unpaired) electrons. The van der Waals surface area contributed by atoms with Gasteiger partial charge < -0.3 is 5.11 Å². The molecule has 1 heterocycles. The first-order valence-corrected chi connectivity index (χ1v) is 8.85. The Bertz CT molecular complexity index is 820. The third-order valence-corrected chi connectivity index (χ3v) is 5.75. The second-order valence-corrected chi connectivity index (χ2v) is 8.45. The number of benzene rings is 1. The lowest BCUT2D eigenvalue weighted by Crippen LogP contribution is -2.16. The number of anilines is 1. The maximum Gasteiger partial charge on any atom is 0.336 e. The Balaban J connectivity index is 2.52. The minimum absolute atomic E-state index is 0.0266. The minimum Gasteiger partial charge on any atom is -0.478 e. The van der Waals surface area contributed by atoms with Crippen LogP contribution in [0.15, 0.2) is 27.0 Å². The summed E-state index contributed by atoms with van der Waals surface area (Å²) in [4.78, 5) is 14.8. The number of halogens is 2. The van der Waals surface area contributed by atoms with Gasteiger partial charge in [-0.1, -0.05) is 22.9 Å². The highest BCUT2D eigenvalue weighted by molar-refractivity contribution is 9.11. The van der Waals surface area contributed by atoms with Gasteiger partial charge in [0.15, 0.2) is 5.13 Å². The molecule has 0 saturated carbocycles. The molecule has 2 N–H and O–H groups in total. The average molecular weight is 412 g/mol. The fourth-order valence-corrected chi connectivity index (χ4v) is 4.55. The van der Waals surface area contributed by atoms with E-state index in [9.17, 15) is 13.2 Å². The molecule has 0 saturated heterocycles. The molecule has 0 spiro atoms. The summed E-state index contributed by atoms with van der Waals surface area (Å²) in [5.41, 5.74) is -0.0572. The molecule has 0 aliphatic heterocycles. The fraction of sp³-hybridized carbons (Fsp3) is 0.0909. The predicted molar refractivity (Wildman–Crippen MR) is 83.8 cm³/mol. The van der Waals surface area contributed by atoms with E-state index in [-0.39, 0.29) is 26.2 Å². The van der Waals surface area contributed by atoms with Gasteiger partial charge in [0.25, 0.3) is 10.0 Å². The van der Waals surface area contributed by atoms with Crippen LogP contribution in [0.25, 0.3) is 0 Å². The summed E-state index contributed by atoms with van der Waals surface area (Å²) in [5.74, 6) is -1.25. The van der Waals surface area contributed by atoms with Crippen LogP contribution in [-0.4, -0.2) is 24.5 Å². The van der Waals surface area contributed by atoms with Crippen LogP contribution in [0.4, 0.5) is 5.13 Å². The van der Waals surface area contributed by atoms with Crippen molar-refractivity contribution < 1.29 is 18.3 Å². The normalized spacial score (nSPS) is 11.4. The Kier molecular flexibility index (Phi) is 4.57. The topological polar surface area (TPSA) is 96.4 Å². The summed E-state index contributed by atoms with van der Waals surface area (Å²) in [6.07, 6.45) is 1.45. The van der Waals surface area contributed by atoms with Gasteiger partial charge in [0.1, 0.15) is 0 Å². The van der Waals surface area contributed by atoms with Crippen LogP contribution in [0, 0.1) is 6.92 Å². The minimum atomic E-state index is -3.98. The summed E-state index contributed by atoms with van der Waals surface area (Å²) >= 11 is 10.1. The molecule has 112 valence electrons. The highest BCUT2D eigenvalue weighted by Crippen LogP contribution is 2.29. The van der Waals surface area contributed by atoms with Gasteiger partial charge in [0, 0.05) is 5.02 Å².